The fourth-order valence-corrected chi connectivity index (χ4v) is 1.95. The minimum absolute atomic E-state index is 0.00253. The average molecular weight is 197 g/mol. The number of hydrogen-bond donors (Lipinski definition) is 2. The van der Waals surface area contributed by atoms with Gasteiger partial charge in [-0.1, -0.05) is 12.8 Å². The zero-order valence-corrected chi connectivity index (χ0v) is 9.85. The number of rotatable bonds is 1. The molecule has 1 rings (SSSR count). The van der Waals surface area contributed by atoms with E-state index in [2.05, 4.69) is 38.0 Å². The normalized spacial score (nSPS) is 22.4. The van der Waals surface area contributed by atoms with Gasteiger partial charge in [0.2, 0.25) is 0 Å². The Labute approximate surface area is 87.2 Å². The minimum Gasteiger partial charge on any atom is -0.370 e. The molecule has 0 radical (unpaired) electrons. The van der Waals surface area contributed by atoms with Gasteiger partial charge < -0.3 is 11.1 Å². The molecule has 0 aliphatic heterocycles. The SMILES string of the molecule is CC1(N=C(N)NC(C)(C)C)CCCC1. The van der Waals surface area contributed by atoms with Crippen LogP contribution in [0.5, 0.6) is 0 Å². The zero-order valence-electron chi connectivity index (χ0n) is 9.85. The van der Waals surface area contributed by atoms with Crippen LogP contribution in [0.4, 0.5) is 0 Å². The highest BCUT2D eigenvalue weighted by molar-refractivity contribution is 5.79. The summed E-state index contributed by atoms with van der Waals surface area (Å²) in [4.78, 5) is 4.58. The maximum atomic E-state index is 5.86. The van der Waals surface area contributed by atoms with E-state index in [4.69, 9.17) is 5.73 Å². The fourth-order valence-electron chi connectivity index (χ4n) is 1.95. The fraction of sp³-hybridized carbons (Fsp3) is 0.909. The summed E-state index contributed by atoms with van der Waals surface area (Å²) >= 11 is 0. The van der Waals surface area contributed by atoms with Crippen LogP contribution in [-0.2, 0) is 0 Å². The van der Waals surface area contributed by atoms with Crippen molar-refractivity contribution in [3.8, 4) is 0 Å². The Morgan fingerprint density at radius 3 is 2.21 bits per heavy atom. The zero-order chi connectivity index (χ0) is 10.8. The van der Waals surface area contributed by atoms with Crippen LogP contribution in [0.1, 0.15) is 53.4 Å². The van der Waals surface area contributed by atoms with Crippen LogP contribution in [0.2, 0.25) is 0 Å². The van der Waals surface area contributed by atoms with Gasteiger partial charge in [0.05, 0.1) is 5.54 Å². The Morgan fingerprint density at radius 1 is 1.29 bits per heavy atom. The van der Waals surface area contributed by atoms with Crippen LogP contribution in [0.15, 0.2) is 4.99 Å². The first-order valence-corrected chi connectivity index (χ1v) is 5.44. The van der Waals surface area contributed by atoms with Gasteiger partial charge in [-0.25, -0.2) is 4.99 Å². The van der Waals surface area contributed by atoms with Gasteiger partial charge >= 0.3 is 0 Å². The Bertz CT molecular complexity index is 219. The number of nitrogens with two attached hydrogens (primary N) is 1. The van der Waals surface area contributed by atoms with Gasteiger partial charge in [0.1, 0.15) is 0 Å². The predicted octanol–water partition coefficient (Wildman–Crippen LogP) is 2.02. The second kappa shape index (κ2) is 3.79. The molecule has 3 heteroatoms. The van der Waals surface area contributed by atoms with Crippen LogP contribution in [0.25, 0.3) is 0 Å². The van der Waals surface area contributed by atoms with Gasteiger partial charge in [0.15, 0.2) is 5.96 Å². The van der Waals surface area contributed by atoms with Crippen molar-refractivity contribution >= 4 is 5.96 Å². The summed E-state index contributed by atoms with van der Waals surface area (Å²) in [5.41, 5.74) is 5.95. The first kappa shape index (κ1) is 11.3. The van der Waals surface area contributed by atoms with Crippen LogP contribution >= 0.6 is 0 Å². The lowest BCUT2D eigenvalue weighted by Gasteiger charge is -2.24. The first-order chi connectivity index (χ1) is 6.31. The summed E-state index contributed by atoms with van der Waals surface area (Å²) in [5, 5.41) is 3.20. The van der Waals surface area contributed by atoms with E-state index in [0.29, 0.717) is 5.96 Å². The van der Waals surface area contributed by atoms with Gasteiger partial charge in [-0.05, 0) is 40.5 Å². The van der Waals surface area contributed by atoms with Crippen molar-refractivity contribution < 1.29 is 0 Å². The summed E-state index contributed by atoms with van der Waals surface area (Å²) in [6.45, 7) is 8.46. The quantitative estimate of drug-likeness (QED) is 0.499. The van der Waals surface area contributed by atoms with Gasteiger partial charge in [0.25, 0.3) is 0 Å². The number of guanidine groups is 1. The first-order valence-electron chi connectivity index (χ1n) is 5.44. The number of nitrogens with one attached hydrogen (secondary N) is 1. The third-order valence-electron chi connectivity index (χ3n) is 2.57. The molecule has 0 unspecified atom stereocenters. The highest BCUT2D eigenvalue weighted by atomic mass is 15.1. The highest BCUT2D eigenvalue weighted by Crippen LogP contribution is 2.32. The van der Waals surface area contributed by atoms with E-state index in [1.54, 1.807) is 0 Å². The van der Waals surface area contributed by atoms with Gasteiger partial charge in [-0.15, -0.1) is 0 Å². The lowest BCUT2D eigenvalue weighted by Crippen LogP contribution is -2.46. The van der Waals surface area contributed by atoms with Gasteiger partial charge in [-0.2, -0.15) is 0 Å². The number of aliphatic imine (C=N–C) groups is 1. The Morgan fingerprint density at radius 2 is 1.79 bits per heavy atom. The summed E-state index contributed by atoms with van der Waals surface area (Å²) in [6, 6.07) is 0. The molecule has 0 saturated heterocycles. The Balaban J connectivity index is 2.58. The van der Waals surface area contributed by atoms with Crippen LogP contribution in [0.3, 0.4) is 0 Å². The molecule has 0 spiro atoms. The highest BCUT2D eigenvalue weighted by Gasteiger charge is 2.28. The molecule has 0 atom stereocenters. The largest absolute Gasteiger partial charge is 0.370 e. The van der Waals surface area contributed by atoms with Gasteiger partial charge in [0, 0.05) is 5.54 Å². The van der Waals surface area contributed by atoms with Crippen molar-refractivity contribution in [2.24, 2.45) is 10.7 Å². The molecule has 3 N–H and O–H groups in total. The summed E-state index contributed by atoms with van der Waals surface area (Å²) in [6.07, 6.45) is 4.89. The molecule has 1 aliphatic carbocycles. The molecular formula is C11H23N3. The van der Waals surface area contributed by atoms with E-state index in [1.807, 2.05) is 0 Å². The second-order valence-electron chi connectivity index (χ2n) is 5.58. The number of hydrogen-bond acceptors (Lipinski definition) is 1. The molecule has 3 nitrogen and oxygen atoms in total. The van der Waals surface area contributed by atoms with Crippen LogP contribution < -0.4 is 11.1 Å². The number of nitrogens with zero attached hydrogens (tertiary/aromatic N) is 1. The third kappa shape index (κ3) is 3.56. The van der Waals surface area contributed by atoms with E-state index >= 15 is 0 Å². The van der Waals surface area contributed by atoms with Crippen LogP contribution in [-0.4, -0.2) is 17.0 Å². The molecule has 1 fully saturated rings. The lowest BCUT2D eigenvalue weighted by molar-refractivity contribution is 0.469. The smallest absolute Gasteiger partial charge is 0.189 e. The molecule has 1 saturated carbocycles. The molecule has 0 aromatic carbocycles. The van der Waals surface area contributed by atoms with E-state index in [1.165, 1.54) is 25.7 Å². The molecule has 0 amide bonds. The topological polar surface area (TPSA) is 50.4 Å². The van der Waals surface area contributed by atoms with Crippen LogP contribution in [0, 0.1) is 0 Å². The van der Waals surface area contributed by atoms with Crippen molar-refractivity contribution in [1.82, 2.24) is 5.32 Å². The maximum Gasteiger partial charge on any atom is 0.189 e. The summed E-state index contributed by atoms with van der Waals surface area (Å²) in [7, 11) is 0. The van der Waals surface area contributed by atoms with E-state index in [0.717, 1.165) is 0 Å². The van der Waals surface area contributed by atoms with Crippen molar-refractivity contribution in [2.75, 3.05) is 0 Å². The van der Waals surface area contributed by atoms with Crippen molar-refractivity contribution in [3.05, 3.63) is 0 Å². The molecule has 14 heavy (non-hydrogen) atoms. The monoisotopic (exact) mass is 197 g/mol. The summed E-state index contributed by atoms with van der Waals surface area (Å²) in [5.74, 6) is 0.585. The molecule has 0 heterocycles. The molecule has 0 aromatic rings. The molecular weight excluding hydrogens is 174 g/mol. The summed E-state index contributed by atoms with van der Waals surface area (Å²) < 4.78 is 0. The van der Waals surface area contributed by atoms with Crippen molar-refractivity contribution in [1.29, 1.82) is 0 Å². The van der Waals surface area contributed by atoms with E-state index in [-0.39, 0.29) is 11.1 Å². The third-order valence-corrected chi connectivity index (χ3v) is 2.57. The predicted molar refractivity (Wildman–Crippen MR) is 61.4 cm³/mol. The van der Waals surface area contributed by atoms with E-state index < -0.39 is 0 Å². The van der Waals surface area contributed by atoms with Crippen molar-refractivity contribution in [3.63, 3.8) is 0 Å². The van der Waals surface area contributed by atoms with Crippen molar-refractivity contribution in [2.45, 2.75) is 64.5 Å². The maximum absolute atomic E-state index is 5.86. The average Bonchev–Trinajstić information content (AvgIpc) is 2.30. The van der Waals surface area contributed by atoms with E-state index in [9.17, 15) is 0 Å². The Hall–Kier alpha value is -0.730. The lowest BCUT2D eigenvalue weighted by atomic mass is 10.0. The standard InChI is InChI=1S/C11H23N3/c1-10(2,3)13-9(12)14-11(4)7-5-6-8-11/h5-8H2,1-4H3,(H3,12,13,14). The molecule has 82 valence electrons. The van der Waals surface area contributed by atoms with Gasteiger partial charge in [-0.3, -0.25) is 0 Å². The molecule has 1 aliphatic rings. The Kier molecular flexibility index (Phi) is 3.07. The molecule has 0 aromatic heterocycles. The molecule has 0 bridgehead atoms. The second-order valence-corrected chi connectivity index (χ2v) is 5.58. The minimum atomic E-state index is 0.00253.